The molecule has 0 aliphatic carbocycles. The quantitative estimate of drug-likeness (QED) is 0.819. The van der Waals surface area contributed by atoms with Crippen LogP contribution in [0.5, 0.6) is 0 Å². The predicted octanol–water partition coefficient (Wildman–Crippen LogP) is 1.64. The lowest BCUT2D eigenvalue weighted by Gasteiger charge is -2.27. The van der Waals surface area contributed by atoms with Crippen LogP contribution in [0, 0.1) is 0 Å². The van der Waals surface area contributed by atoms with E-state index in [-0.39, 0.29) is 11.8 Å². The van der Waals surface area contributed by atoms with Crippen LogP contribution in [-0.2, 0) is 20.0 Å². The van der Waals surface area contributed by atoms with Crippen molar-refractivity contribution in [1.29, 1.82) is 0 Å². The summed E-state index contributed by atoms with van der Waals surface area (Å²) < 4.78 is 1.79. The number of hydrogen-bond donors (Lipinski definition) is 2. The van der Waals surface area contributed by atoms with Gasteiger partial charge < -0.3 is 19.9 Å². The number of anilines is 2. The van der Waals surface area contributed by atoms with Gasteiger partial charge in [-0.05, 0) is 11.6 Å². The SMILES string of the molecule is Cn1cnc(Nc2nc(Cl)nc3c2CN(C(=O)O)CC3)c1. The highest BCUT2D eigenvalue weighted by molar-refractivity contribution is 6.28. The summed E-state index contributed by atoms with van der Waals surface area (Å²) in [6.07, 6.45) is 3.00. The lowest BCUT2D eigenvalue weighted by atomic mass is 10.1. The highest BCUT2D eigenvalue weighted by Gasteiger charge is 2.25. The molecular weight excluding hydrogens is 296 g/mol. The smallest absolute Gasteiger partial charge is 0.407 e. The van der Waals surface area contributed by atoms with Crippen molar-refractivity contribution >= 4 is 29.3 Å². The van der Waals surface area contributed by atoms with Gasteiger partial charge >= 0.3 is 6.09 Å². The fraction of sp³-hybridized carbons (Fsp3) is 0.333. The van der Waals surface area contributed by atoms with Crippen molar-refractivity contribution < 1.29 is 9.90 Å². The van der Waals surface area contributed by atoms with E-state index < -0.39 is 6.09 Å². The average molecular weight is 309 g/mol. The van der Waals surface area contributed by atoms with Gasteiger partial charge in [-0.15, -0.1) is 0 Å². The van der Waals surface area contributed by atoms with E-state index in [1.54, 1.807) is 17.1 Å². The van der Waals surface area contributed by atoms with E-state index >= 15 is 0 Å². The predicted molar refractivity (Wildman–Crippen MR) is 75.7 cm³/mol. The number of imidazole rings is 1. The van der Waals surface area contributed by atoms with Gasteiger partial charge in [0.25, 0.3) is 0 Å². The van der Waals surface area contributed by atoms with Crippen molar-refractivity contribution in [2.45, 2.75) is 13.0 Å². The van der Waals surface area contributed by atoms with Gasteiger partial charge in [-0.25, -0.2) is 19.7 Å². The molecule has 110 valence electrons. The lowest BCUT2D eigenvalue weighted by Crippen LogP contribution is -2.35. The first-order chi connectivity index (χ1) is 10.0. The number of aryl methyl sites for hydroxylation is 1. The molecule has 0 unspecified atom stereocenters. The Balaban J connectivity index is 1.96. The van der Waals surface area contributed by atoms with Crippen LogP contribution in [-0.4, -0.2) is 42.2 Å². The average Bonchev–Trinajstić information content (AvgIpc) is 2.83. The normalized spacial score (nSPS) is 13.9. The summed E-state index contributed by atoms with van der Waals surface area (Å²) in [4.78, 5) is 25.0. The third-order valence-corrected chi connectivity index (χ3v) is 3.42. The zero-order valence-corrected chi connectivity index (χ0v) is 12.0. The molecule has 21 heavy (non-hydrogen) atoms. The molecule has 0 atom stereocenters. The van der Waals surface area contributed by atoms with Gasteiger partial charge in [-0.1, -0.05) is 0 Å². The summed E-state index contributed by atoms with van der Waals surface area (Å²) in [5, 5.41) is 12.3. The molecule has 3 rings (SSSR count). The number of rotatable bonds is 2. The first kappa shape index (κ1) is 13.6. The van der Waals surface area contributed by atoms with Gasteiger partial charge in [0.2, 0.25) is 5.28 Å². The molecule has 3 heterocycles. The van der Waals surface area contributed by atoms with Crippen LogP contribution < -0.4 is 5.32 Å². The van der Waals surface area contributed by atoms with Crippen molar-refractivity contribution in [2.75, 3.05) is 11.9 Å². The highest BCUT2D eigenvalue weighted by atomic mass is 35.5. The second-order valence-corrected chi connectivity index (χ2v) is 5.11. The van der Waals surface area contributed by atoms with Crippen molar-refractivity contribution in [3.8, 4) is 0 Å². The topological polar surface area (TPSA) is 96.2 Å². The summed E-state index contributed by atoms with van der Waals surface area (Å²) in [6.45, 7) is 0.635. The molecule has 0 bridgehead atoms. The fourth-order valence-electron chi connectivity index (χ4n) is 2.25. The van der Waals surface area contributed by atoms with Crippen LogP contribution >= 0.6 is 11.6 Å². The molecule has 0 saturated heterocycles. The third-order valence-electron chi connectivity index (χ3n) is 3.25. The number of halogens is 1. The molecule has 0 saturated carbocycles. The molecule has 2 aromatic rings. The number of amides is 1. The molecule has 9 heteroatoms. The monoisotopic (exact) mass is 308 g/mol. The summed E-state index contributed by atoms with van der Waals surface area (Å²) in [5.74, 6) is 1.11. The van der Waals surface area contributed by atoms with E-state index in [0.29, 0.717) is 24.6 Å². The maximum Gasteiger partial charge on any atom is 0.407 e. The Bertz CT molecular complexity index is 701. The molecule has 0 spiro atoms. The van der Waals surface area contributed by atoms with E-state index in [9.17, 15) is 4.79 Å². The molecule has 0 radical (unpaired) electrons. The first-order valence-electron chi connectivity index (χ1n) is 6.31. The van der Waals surface area contributed by atoms with Crippen molar-refractivity contribution in [2.24, 2.45) is 7.05 Å². The van der Waals surface area contributed by atoms with Crippen molar-refractivity contribution in [3.05, 3.63) is 29.1 Å². The minimum absolute atomic E-state index is 0.135. The summed E-state index contributed by atoms with van der Waals surface area (Å²) in [6, 6.07) is 0. The minimum Gasteiger partial charge on any atom is -0.465 e. The van der Waals surface area contributed by atoms with Crippen molar-refractivity contribution in [3.63, 3.8) is 0 Å². The van der Waals surface area contributed by atoms with E-state index in [1.165, 1.54) is 4.90 Å². The van der Waals surface area contributed by atoms with Gasteiger partial charge in [-0.2, -0.15) is 0 Å². The molecule has 0 fully saturated rings. The van der Waals surface area contributed by atoms with Gasteiger partial charge in [-0.3, -0.25) is 0 Å². The molecule has 1 aliphatic rings. The summed E-state index contributed by atoms with van der Waals surface area (Å²) >= 11 is 5.93. The van der Waals surface area contributed by atoms with Gasteiger partial charge in [0, 0.05) is 31.8 Å². The van der Waals surface area contributed by atoms with E-state index in [4.69, 9.17) is 16.7 Å². The number of nitrogens with one attached hydrogen (secondary N) is 1. The van der Waals surface area contributed by atoms with Crippen LogP contribution in [0.25, 0.3) is 0 Å². The number of carboxylic acid groups (broad SMARTS) is 1. The molecule has 2 aromatic heterocycles. The summed E-state index contributed by atoms with van der Waals surface area (Å²) in [7, 11) is 1.85. The number of nitrogens with zero attached hydrogens (tertiary/aromatic N) is 5. The highest BCUT2D eigenvalue weighted by Crippen LogP contribution is 2.27. The molecule has 2 N–H and O–H groups in total. The van der Waals surface area contributed by atoms with E-state index in [0.717, 1.165) is 11.3 Å². The maximum atomic E-state index is 11.1. The molecule has 1 amide bonds. The standard InChI is InChI=1S/C12H13ClN6O2/c1-18-5-9(14-6-18)16-10-7-4-19(12(20)21)3-2-8(7)15-11(13)17-10/h5-6H,2-4H2,1H3,(H,20,21)(H,15,16,17). The Hall–Kier alpha value is -2.35. The molecular formula is C12H13ClN6O2. The number of carbonyl (C=O) groups is 1. The van der Waals surface area contributed by atoms with Crippen LogP contribution in [0.1, 0.15) is 11.3 Å². The zero-order chi connectivity index (χ0) is 15.0. The van der Waals surface area contributed by atoms with E-state index in [2.05, 4.69) is 20.3 Å². The van der Waals surface area contributed by atoms with E-state index in [1.807, 2.05) is 7.05 Å². The fourth-order valence-corrected chi connectivity index (χ4v) is 2.44. The van der Waals surface area contributed by atoms with Crippen LogP contribution in [0.2, 0.25) is 5.28 Å². The van der Waals surface area contributed by atoms with Gasteiger partial charge in [0.05, 0.1) is 18.6 Å². The largest absolute Gasteiger partial charge is 0.465 e. The maximum absolute atomic E-state index is 11.1. The minimum atomic E-state index is -0.959. The number of hydrogen-bond acceptors (Lipinski definition) is 5. The number of fused-ring (bicyclic) bond motifs is 1. The van der Waals surface area contributed by atoms with Crippen LogP contribution in [0.15, 0.2) is 12.5 Å². The van der Waals surface area contributed by atoms with Crippen LogP contribution in [0.3, 0.4) is 0 Å². The van der Waals surface area contributed by atoms with Gasteiger partial charge in [0.15, 0.2) is 0 Å². The molecule has 1 aliphatic heterocycles. The zero-order valence-electron chi connectivity index (χ0n) is 11.2. The summed E-state index contributed by atoms with van der Waals surface area (Å²) in [5.41, 5.74) is 1.50. The second-order valence-electron chi connectivity index (χ2n) is 4.77. The Morgan fingerprint density at radius 3 is 2.95 bits per heavy atom. The lowest BCUT2D eigenvalue weighted by molar-refractivity contribution is 0.139. The Morgan fingerprint density at radius 2 is 2.29 bits per heavy atom. The number of aromatic nitrogens is 4. The molecule has 8 nitrogen and oxygen atoms in total. The van der Waals surface area contributed by atoms with Crippen LogP contribution in [0.4, 0.5) is 16.4 Å². The Morgan fingerprint density at radius 1 is 1.48 bits per heavy atom. The Kier molecular flexibility index (Phi) is 3.38. The Labute approximate surface area is 125 Å². The first-order valence-corrected chi connectivity index (χ1v) is 6.69. The van der Waals surface area contributed by atoms with Gasteiger partial charge in [0.1, 0.15) is 11.6 Å². The third kappa shape index (κ3) is 2.75. The molecule has 0 aromatic carbocycles. The second kappa shape index (κ2) is 5.21. The van der Waals surface area contributed by atoms with Crippen molar-refractivity contribution in [1.82, 2.24) is 24.4 Å².